The van der Waals surface area contributed by atoms with Crippen LogP contribution in [-0.4, -0.2) is 29.4 Å². The van der Waals surface area contributed by atoms with Crippen molar-refractivity contribution < 1.29 is 14.1 Å². The second-order valence-corrected chi connectivity index (χ2v) is 16.8. The Bertz CT molecular complexity index is 576. The number of benzene rings is 1. The molecule has 6 heteroatoms. The summed E-state index contributed by atoms with van der Waals surface area (Å²) in [4.78, 5) is 12.0. The van der Waals surface area contributed by atoms with Gasteiger partial charge in [-0.15, -0.1) is 4.72 Å². The highest BCUT2D eigenvalue weighted by molar-refractivity contribution is 7.90. The van der Waals surface area contributed by atoms with E-state index in [9.17, 15) is 9.35 Å². The Balaban J connectivity index is 2.96. The summed E-state index contributed by atoms with van der Waals surface area (Å²) in [6.07, 6.45) is 0.801. The Hall–Kier alpha value is -0.823. The first-order valence-electron chi connectivity index (χ1n) is 9.28. The minimum Gasteiger partial charge on any atom is -0.598 e. The van der Waals surface area contributed by atoms with Crippen molar-refractivity contribution in [1.29, 1.82) is 0 Å². The van der Waals surface area contributed by atoms with Gasteiger partial charge in [-0.1, -0.05) is 37.8 Å². The van der Waals surface area contributed by atoms with Gasteiger partial charge in [-0.3, -0.25) is 0 Å². The van der Waals surface area contributed by atoms with Crippen molar-refractivity contribution in [1.82, 2.24) is 4.72 Å². The van der Waals surface area contributed by atoms with E-state index >= 15 is 0 Å². The molecule has 1 N–H and O–H groups in total. The molecule has 0 amide bonds. The number of ether oxygens (including phenoxy) is 1. The van der Waals surface area contributed by atoms with Gasteiger partial charge in [-0.25, -0.2) is 4.79 Å². The van der Waals surface area contributed by atoms with Gasteiger partial charge in [0.25, 0.3) is 0 Å². The highest BCUT2D eigenvalue weighted by Crippen LogP contribution is 2.27. The third-order valence-corrected chi connectivity index (χ3v) is 7.28. The van der Waals surface area contributed by atoms with Crippen LogP contribution in [0.15, 0.2) is 24.3 Å². The summed E-state index contributed by atoms with van der Waals surface area (Å²) in [6.45, 7) is 16.6. The molecule has 1 aromatic rings. The fraction of sp³-hybridized carbons (Fsp3) is 0.650. The van der Waals surface area contributed by atoms with E-state index in [0.717, 1.165) is 18.0 Å². The highest BCUT2D eigenvalue weighted by atomic mass is 32.2. The second-order valence-electron chi connectivity index (χ2n) is 9.23. The molecule has 0 heterocycles. The Morgan fingerprint density at radius 1 is 1.19 bits per heavy atom. The number of esters is 1. The highest BCUT2D eigenvalue weighted by Gasteiger charge is 2.30. The summed E-state index contributed by atoms with van der Waals surface area (Å²) < 4.78 is 20.8. The number of hydrogen-bond donors (Lipinski definition) is 1. The maximum atomic E-state index is 12.6. The van der Waals surface area contributed by atoms with Gasteiger partial charge in [0.15, 0.2) is 0 Å². The predicted octanol–water partition coefficient (Wildman–Crippen LogP) is 5.07. The Morgan fingerprint density at radius 2 is 1.73 bits per heavy atom. The molecule has 1 aromatic carbocycles. The van der Waals surface area contributed by atoms with Crippen molar-refractivity contribution in [3.63, 3.8) is 0 Å². The van der Waals surface area contributed by atoms with Crippen molar-refractivity contribution >= 4 is 25.4 Å². The van der Waals surface area contributed by atoms with Crippen LogP contribution in [0.25, 0.3) is 0 Å². The second kappa shape index (κ2) is 9.40. The van der Waals surface area contributed by atoms with Gasteiger partial charge in [-0.2, -0.15) is 0 Å². The maximum Gasteiger partial charge on any atom is 0.338 e. The summed E-state index contributed by atoms with van der Waals surface area (Å²) in [5, 5.41) is 0. The molecule has 26 heavy (non-hydrogen) atoms. The van der Waals surface area contributed by atoms with Crippen molar-refractivity contribution in [2.45, 2.75) is 83.6 Å². The molecular weight excluding hydrogens is 362 g/mol. The number of carbonyl (C=O) groups is 1. The van der Waals surface area contributed by atoms with Crippen LogP contribution in [0.2, 0.25) is 25.7 Å². The van der Waals surface area contributed by atoms with Crippen LogP contribution < -0.4 is 4.72 Å². The normalized spacial score (nSPS) is 15.0. The zero-order valence-corrected chi connectivity index (χ0v) is 19.3. The predicted molar refractivity (Wildman–Crippen MR) is 114 cm³/mol. The van der Waals surface area contributed by atoms with Gasteiger partial charge < -0.3 is 9.29 Å². The average Bonchev–Trinajstić information content (AvgIpc) is 2.48. The van der Waals surface area contributed by atoms with E-state index in [-0.39, 0.29) is 22.9 Å². The molecule has 0 fully saturated rings. The van der Waals surface area contributed by atoms with Crippen LogP contribution in [0.1, 0.15) is 63.0 Å². The summed E-state index contributed by atoms with van der Waals surface area (Å²) in [6, 6.07) is 8.63. The molecule has 0 bridgehead atoms. The summed E-state index contributed by atoms with van der Waals surface area (Å²) in [5.74, 6) is -0.309. The molecule has 4 nitrogen and oxygen atoms in total. The molecule has 0 aromatic heterocycles. The first kappa shape index (κ1) is 23.2. The number of rotatable bonds is 8. The average molecular weight is 398 g/mol. The third kappa shape index (κ3) is 8.25. The maximum absolute atomic E-state index is 12.6. The monoisotopic (exact) mass is 397 g/mol. The van der Waals surface area contributed by atoms with Gasteiger partial charge >= 0.3 is 5.97 Å². The summed E-state index contributed by atoms with van der Waals surface area (Å²) >= 11 is -1.14. The molecule has 0 unspecified atom stereocenters. The topological polar surface area (TPSA) is 61.4 Å². The standard InChI is InChI=1S/C20H35NO3SSi/c1-15(2)24-19(22)17-11-9-16(10-12-17)18(13-14-26(6,7)8)21-25(23)20(3,4)5/h9-12,15,18,21H,13-14H2,1-8H3/t18-,25-/m0/s1. The van der Waals surface area contributed by atoms with Crippen molar-refractivity contribution in [2.24, 2.45) is 0 Å². The molecule has 0 aliphatic carbocycles. The van der Waals surface area contributed by atoms with E-state index in [4.69, 9.17) is 4.74 Å². The summed E-state index contributed by atoms with van der Waals surface area (Å²) in [7, 11) is -1.21. The fourth-order valence-corrected chi connectivity index (χ4v) is 4.33. The zero-order chi connectivity index (χ0) is 20.1. The zero-order valence-electron chi connectivity index (χ0n) is 17.5. The van der Waals surface area contributed by atoms with Gasteiger partial charge in [0.2, 0.25) is 0 Å². The molecule has 0 aliphatic heterocycles. The number of nitrogens with one attached hydrogen (secondary N) is 1. The van der Waals surface area contributed by atoms with Crippen molar-refractivity contribution in [3.05, 3.63) is 35.4 Å². The molecule has 0 aliphatic rings. The van der Waals surface area contributed by atoms with E-state index in [2.05, 4.69) is 24.4 Å². The molecule has 1 rings (SSSR count). The van der Waals surface area contributed by atoms with Crippen molar-refractivity contribution in [2.75, 3.05) is 0 Å². The van der Waals surface area contributed by atoms with Gasteiger partial charge in [-0.05, 0) is 58.7 Å². The minimum absolute atomic E-state index is 0.0111. The SMILES string of the molecule is CC(C)OC(=O)c1ccc([C@H](CC[Si](C)(C)C)N[S@@+]([O-])C(C)(C)C)cc1. The van der Waals surface area contributed by atoms with Crippen LogP contribution in [-0.2, 0) is 16.1 Å². The van der Waals surface area contributed by atoms with Crippen LogP contribution >= 0.6 is 0 Å². The third-order valence-electron chi connectivity index (χ3n) is 3.88. The smallest absolute Gasteiger partial charge is 0.338 e. The van der Waals surface area contributed by atoms with E-state index in [1.807, 2.05) is 46.8 Å². The first-order chi connectivity index (χ1) is 11.8. The van der Waals surface area contributed by atoms with E-state index in [1.165, 1.54) is 0 Å². The lowest BCUT2D eigenvalue weighted by molar-refractivity contribution is 0.0378. The van der Waals surface area contributed by atoms with E-state index in [0.29, 0.717) is 5.56 Å². The Kier molecular flexibility index (Phi) is 8.39. The minimum atomic E-state index is -1.21. The molecule has 0 radical (unpaired) electrons. The quantitative estimate of drug-likeness (QED) is 0.378. The van der Waals surface area contributed by atoms with E-state index in [1.54, 1.807) is 12.1 Å². The molecule has 148 valence electrons. The molecule has 0 saturated heterocycles. The van der Waals surface area contributed by atoms with Crippen molar-refractivity contribution in [3.8, 4) is 0 Å². The largest absolute Gasteiger partial charge is 0.598 e. The lowest BCUT2D eigenvalue weighted by Gasteiger charge is -2.29. The number of carbonyl (C=O) groups excluding carboxylic acids is 1. The molecule has 2 atom stereocenters. The van der Waals surface area contributed by atoms with Crippen LogP contribution in [0.5, 0.6) is 0 Å². The molecule has 0 spiro atoms. The Labute approximate surface area is 163 Å². The molecular formula is C20H35NO3SSi. The van der Waals surface area contributed by atoms with Crippen LogP contribution in [0.3, 0.4) is 0 Å². The van der Waals surface area contributed by atoms with Crippen LogP contribution in [0, 0.1) is 0 Å². The van der Waals surface area contributed by atoms with E-state index < -0.39 is 19.4 Å². The summed E-state index contributed by atoms with van der Waals surface area (Å²) in [5.41, 5.74) is 1.60. The number of hydrogen-bond acceptors (Lipinski definition) is 4. The fourth-order valence-electron chi connectivity index (χ4n) is 2.31. The van der Waals surface area contributed by atoms with Gasteiger partial charge in [0.1, 0.15) is 4.75 Å². The Morgan fingerprint density at radius 3 is 2.15 bits per heavy atom. The lowest BCUT2D eigenvalue weighted by Crippen LogP contribution is -2.41. The van der Waals surface area contributed by atoms with Crippen LogP contribution in [0.4, 0.5) is 0 Å². The lowest BCUT2D eigenvalue weighted by atomic mass is 10.0. The first-order valence-corrected chi connectivity index (χ1v) is 14.1. The molecule has 0 saturated carbocycles. The van der Waals surface area contributed by atoms with Gasteiger partial charge in [0, 0.05) is 19.4 Å². The van der Waals surface area contributed by atoms with Gasteiger partial charge in [0.05, 0.1) is 17.7 Å².